The second kappa shape index (κ2) is 3.90. The Kier molecular flexibility index (Phi) is 2.71. The molecule has 2 heterocycles. The van der Waals surface area contributed by atoms with Gasteiger partial charge in [0.1, 0.15) is 5.69 Å². The second-order valence-corrected chi connectivity index (χ2v) is 4.61. The summed E-state index contributed by atoms with van der Waals surface area (Å²) in [7, 11) is 1.77. The SMILES string of the molecule is CCCC1(N)CN(C(=O)c2ccnn2C)C1. The molecule has 5 heteroatoms. The maximum atomic E-state index is 12.0. The molecule has 0 atom stereocenters. The van der Waals surface area contributed by atoms with Gasteiger partial charge in [0.05, 0.1) is 5.54 Å². The van der Waals surface area contributed by atoms with E-state index in [2.05, 4.69) is 12.0 Å². The van der Waals surface area contributed by atoms with Gasteiger partial charge in [0.25, 0.3) is 5.91 Å². The Morgan fingerprint density at radius 3 is 2.81 bits per heavy atom. The number of aryl methyl sites for hydroxylation is 1. The van der Waals surface area contributed by atoms with Crippen molar-refractivity contribution >= 4 is 5.91 Å². The molecule has 1 fully saturated rings. The number of likely N-dealkylation sites (tertiary alicyclic amines) is 1. The Morgan fingerprint density at radius 2 is 2.31 bits per heavy atom. The number of aromatic nitrogens is 2. The molecular formula is C11H18N4O. The minimum absolute atomic E-state index is 0.0252. The lowest BCUT2D eigenvalue weighted by Crippen LogP contribution is -2.68. The summed E-state index contributed by atoms with van der Waals surface area (Å²) in [6.07, 6.45) is 3.67. The molecule has 0 spiro atoms. The molecule has 0 radical (unpaired) electrons. The monoisotopic (exact) mass is 222 g/mol. The fraction of sp³-hybridized carbons (Fsp3) is 0.636. The number of nitrogens with zero attached hydrogens (tertiary/aromatic N) is 3. The molecule has 1 aromatic rings. The highest BCUT2D eigenvalue weighted by molar-refractivity contribution is 5.93. The number of carbonyl (C=O) groups excluding carboxylic acids is 1. The summed E-state index contributed by atoms with van der Waals surface area (Å²) in [6.45, 7) is 3.43. The van der Waals surface area contributed by atoms with Crippen LogP contribution in [0.1, 0.15) is 30.3 Å². The smallest absolute Gasteiger partial charge is 0.272 e. The minimum atomic E-state index is -0.164. The molecule has 1 aliphatic rings. The summed E-state index contributed by atoms with van der Waals surface area (Å²) < 4.78 is 1.60. The summed E-state index contributed by atoms with van der Waals surface area (Å²) in [5, 5.41) is 3.99. The van der Waals surface area contributed by atoms with E-state index in [1.54, 1.807) is 28.9 Å². The van der Waals surface area contributed by atoms with Crippen LogP contribution in [0.3, 0.4) is 0 Å². The van der Waals surface area contributed by atoms with Crippen LogP contribution in [0.5, 0.6) is 0 Å². The van der Waals surface area contributed by atoms with Gasteiger partial charge >= 0.3 is 0 Å². The van der Waals surface area contributed by atoms with Gasteiger partial charge in [0, 0.05) is 26.3 Å². The van der Waals surface area contributed by atoms with E-state index in [-0.39, 0.29) is 11.4 Å². The van der Waals surface area contributed by atoms with Crippen molar-refractivity contribution in [3.05, 3.63) is 18.0 Å². The summed E-state index contributed by atoms with van der Waals surface area (Å²) in [5.74, 6) is 0.0252. The molecular weight excluding hydrogens is 204 g/mol. The Morgan fingerprint density at radius 1 is 1.62 bits per heavy atom. The van der Waals surface area contributed by atoms with Gasteiger partial charge < -0.3 is 10.6 Å². The van der Waals surface area contributed by atoms with Gasteiger partial charge in [-0.2, -0.15) is 5.10 Å². The fourth-order valence-electron chi connectivity index (χ4n) is 2.26. The van der Waals surface area contributed by atoms with Gasteiger partial charge in [-0.15, -0.1) is 0 Å². The molecule has 88 valence electrons. The molecule has 5 nitrogen and oxygen atoms in total. The van der Waals surface area contributed by atoms with Crippen molar-refractivity contribution in [3.8, 4) is 0 Å². The van der Waals surface area contributed by atoms with E-state index < -0.39 is 0 Å². The van der Waals surface area contributed by atoms with E-state index in [0.29, 0.717) is 18.8 Å². The molecule has 2 rings (SSSR count). The van der Waals surface area contributed by atoms with Crippen LogP contribution >= 0.6 is 0 Å². The maximum Gasteiger partial charge on any atom is 0.272 e. The van der Waals surface area contributed by atoms with Gasteiger partial charge in [-0.1, -0.05) is 13.3 Å². The second-order valence-electron chi connectivity index (χ2n) is 4.61. The van der Waals surface area contributed by atoms with Crippen molar-refractivity contribution < 1.29 is 4.79 Å². The number of carbonyl (C=O) groups is 1. The van der Waals surface area contributed by atoms with Gasteiger partial charge in [-0.3, -0.25) is 9.48 Å². The van der Waals surface area contributed by atoms with Crippen LogP contribution < -0.4 is 5.73 Å². The number of rotatable bonds is 3. The average Bonchev–Trinajstić information content (AvgIpc) is 2.60. The van der Waals surface area contributed by atoms with Crippen LogP contribution in [0.25, 0.3) is 0 Å². The molecule has 0 unspecified atom stereocenters. The third kappa shape index (κ3) is 1.82. The first kappa shape index (κ1) is 11.1. The molecule has 1 saturated heterocycles. The van der Waals surface area contributed by atoms with E-state index in [4.69, 9.17) is 5.73 Å². The minimum Gasteiger partial charge on any atom is -0.333 e. The summed E-state index contributed by atoms with van der Waals surface area (Å²) in [5.41, 5.74) is 6.58. The normalized spacial score (nSPS) is 18.3. The fourth-order valence-corrected chi connectivity index (χ4v) is 2.26. The van der Waals surface area contributed by atoms with Crippen molar-refractivity contribution in [2.24, 2.45) is 12.8 Å². The van der Waals surface area contributed by atoms with Crippen molar-refractivity contribution in [2.75, 3.05) is 13.1 Å². The Labute approximate surface area is 95.2 Å². The van der Waals surface area contributed by atoms with Gasteiger partial charge in [0.2, 0.25) is 0 Å². The van der Waals surface area contributed by atoms with Gasteiger partial charge in [-0.05, 0) is 12.5 Å². The summed E-state index contributed by atoms with van der Waals surface area (Å²) in [6, 6.07) is 1.73. The number of nitrogens with two attached hydrogens (primary N) is 1. The largest absolute Gasteiger partial charge is 0.333 e. The Bertz CT molecular complexity index is 392. The summed E-state index contributed by atoms with van der Waals surface area (Å²) >= 11 is 0. The molecule has 0 bridgehead atoms. The van der Waals surface area contributed by atoms with Crippen LogP contribution in [0, 0.1) is 0 Å². The van der Waals surface area contributed by atoms with Gasteiger partial charge in [0.15, 0.2) is 0 Å². The topological polar surface area (TPSA) is 64.2 Å². The molecule has 2 N–H and O–H groups in total. The Hall–Kier alpha value is -1.36. The average molecular weight is 222 g/mol. The lowest BCUT2D eigenvalue weighted by molar-refractivity contribution is 0.0376. The number of hydrogen-bond acceptors (Lipinski definition) is 3. The lowest BCUT2D eigenvalue weighted by atomic mass is 9.86. The van der Waals surface area contributed by atoms with E-state index in [9.17, 15) is 4.79 Å². The zero-order valence-electron chi connectivity index (χ0n) is 9.81. The van der Waals surface area contributed by atoms with Crippen LogP contribution in [0.15, 0.2) is 12.3 Å². The first-order chi connectivity index (χ1) is 7.56. The molecule has 0 saturated carbocycles. The lowest BCUT2D eigenvalue weighted by Gasteiger charge is -2.47. The van der Waals surface area contributed by atoms with E-state index in [1.807, 2.05) is 0 Å². The molecule has 0 aliphatic carbocycles. The van der Waals surface area contributed by atoms with E-state index in [0.717, 1.165) is 12.8 Å². The van der Waals surface area contributed by atoms with E-state index in [1.165, 1.54) is 0 Å². The zero-order valence-corrected chi connectivity index (χ0v) is 9.81. The molecule has 1 aliphatic heterocycles. The third-order valence-corrected chi connectivity index (χ3v) is 3.09. The quantitative estimate of drug-likeness (QED) is 0.803. The first-order valence-electron chi connectivity index (χ1n) is 5.62. The van der Waals surface area contributed by atoms with Crippen molar-refractivity contribution in [1.29, 1.82) is 0 Å². The van der Waals surface area contributed by atoms with Crippen molar-refractivity contribution in [2.45, 2.75) is 25.3 Å². The molecule has 1 aromatic heterocycles. The highest BCUT2D eigenvalue weighted by Crippen LogP contribution is 2.24. The molecule has 16 heavy (non-hydrogen) atoms. The zero-order chi connectivity index (χ0) is 11.8. The molecule has 0 aromatic carbocycles. The highest BCUT2D eigenvalue weighted by atomic mass is 16.2. The summed E-state index contributed by atoms with van der Waals surface area (Å²) in [4.78, 5) is 13.8. The first-order valence-corrected chi connectivity index (χ1v) is 5.62. The van der Waals surface area contributed by atoms with Crippen LogP contribution in [0.2, 0.25) is 0 Å². The van der Waals surface area contributed by atoms with Crippen LogP contribution in [0.4, 0.5) is 0 Å². The third-order valence-electron chi connectivity index (χ3n) is 3.09. The molecule has 1 amide bonds. The number of hydrogen-bond donors (Lipinski definition) is 1. The highest BCUT2D eigenvalue weighted by Gasteiger charge is 2.41. The van der Waals surface area contributed by atoms with E-state index >= 15 is 0 Å². The Balaban J connectivity index is 1.98. The maximum absolute atomic E-state index is 12.0. The number of amides is 1. The van der Waals surface area contributed by atoms with Crippen molar-refractivity contribution in [1.82, 2.24) is 14.7 Å². The van der Waals surface area contributed by atoms with Gasteiger partial charge in [-0.25, -0.2) is 0 Å². The standard InChI is InChI=1S/C11H18N4O/c1-3-5-11(12)7-15(8-11)10(16)9-4-6-13-14(9)2/h4,6H,3,5,7-8,12H2,1-2H3. The predicted octanol–water partition coefficient (Wildman–Crippen LogP) is 0.373. The van der Waals surface area contributed by atoms with Crippen LogP contribution in [-0.4, -0.2) is 39.2 Å². The van der Waals surface area contributed by atoms with Crippen molar-refractivity contribution in [3.63, 3.8) is 0 Å². The predicted molar refractivity (Wildman–Crippen MR) is 60.9 cm³/mol. The van der Waals surface area contributed by atoms with Crippen LogP contribution in [-0.2, 0) is 7.05 Å².